The van der Waals surface area contributed by atoms with Gasteiger partial charge in [0.25, 0.3) is 5.69 Å². The molecule has 0 radical (unpaired) electrons. The Morgan fingerprint density at radius 1 is 0.976 bits per heavy atom. The maximum Gasteiger partial charge on any atom is 0.646 e. The van der Waals surface area contributed by atoms with Crippen LogP contribution < -0.4 is 9.05 Å². The molecule has 0 aromatic heterocycles. The number of aliphatic hydroxyl groups excluding tert-OH is 1. The first-order valence-electron chi connectivity index (χ1n) is 13.0. The molecule has 12 nitrogen and oxygen atoms in total. The number of amides is 1. The van der Waals surface area contributed by atoms with Crippen molar-refractivity contribution in [1.29, 1.82) is 0 Å². The summed E-state index contributed by atoms with van der Waals surface area (Å²) in [5.74, 6) is -2.82. The predicted octanol–water partition coefficient (Wildman–Crippen LogP) is 4.99. The van der Waals surface area contributed by atoms with Crippen molar-refractivity contribution in [2.45, 2.75) is 32.6 Å². The van der Waals surface area contributed by atoms with Crippen molar-refractivity contribution >= 4 is 25.4 Å². The molecule has 2 aliphatic rings. The quantitative estimate of drug-likeness (QED) is 0.106. The van der Waals surface area contributed by atoms with Crippen LogP contribution in [0.2, 0.25) is 0 Å². The third-order valence-corrected chi connectivity index (χ3v) is 8.24. The Balaban J connectivity index is 1.48. The van der Waals surface area contributed by atoms with Gasteiger partial charge in [-0.2, -0.15) is 4.57 Å². The van der Waals surface area contributed by atoms with Crippen LogP contribution >= 0.6 is 7.82 Å². The highest BCUT2D eigenvalue weighted by Crippen LogP contribution is 2.57. The zero-order valence-corrected chi connectivity index (χ0v) is 23.5. The number of benzene rings is 3. The number of esters is 1. The lowest BCUT2D eigenvalue weighted by molar-refractivity contribution is -0.384. The van der Waals surface area contributed by atoms with Crippen LogP contribution in [0.1, 0.15) is 19.4 Å². The lowest BCUT2D eigenvalue weighted by Crippen LogP contribution is -2.63. The molecule has 4 atom stereocenters. The van der Waals surface area contributed by atoms with E-state index in [2.05, 4.69) is 0 Å². The van der Waals surface area contributed by atoms with Gasteiger partial charge in [-0.05, 0) is 48.9 Å². The molecule has 0 unspecified atom stereocenters. The van der Waals surface area contributed by atoms with Crippen molar-refractivity contribution in [3.63, 3.8) is 0 Å². The minimum atomic E-state index is -4.54. The summed E-state index contributed by atoms with van der Waals surface area (Å²) in [4.78, 5) is 38.1. The van der Waals surface area contributed by atoms with E-state index in [-0.39, 0.29) is 35.2 Å². The Morgan fingerprint density at radius 2 is 1.52 bits per heavy atom. The number of carbonyl (C=O) groups excluding carboxylic acids is 2. The second-order valence-corrected chi connectivity index (χ2v) is 11.3. The Kier molecular flexibility index (Phi) is 8.02. The smallest absolute Gasteiger partial charge is 0.456 e. The number of hydrogen-bond acceptors (Lipinski definition) is 10. The fourth-order valence-electron chi connectivity index (χ4n) is 4.96. The number of rotatable bonds is 11. The number of phosphoric ester groups is 1. The van der Waals surface area contributed by atoms with Crippen molar-refractivity contribution in [3.05, 3.63) is 112 Å². The molecule has 1 amide bonds. The van der Waals surface area contributed by atoms with E-state index in [1.807, 2.05) is 0 Å². The largest absolute Gasteiger partial charge is 0.646 e. The first-order valence-corrected chi connectivity index (χ1v) is 14.5. The molecule has 1 saturated heterocycles. The number of non-ortho nitro benzene ring substituents is 1. The van der Waals surface area contributed by atoms with E-state index in [0.717, 1.165) is 0 Å². The Hall–Kier alpha value is -4.67. The van der Waals surface area contributed by atoms with Crippen LogP contribution in [0, 0.1) is 22.0 Å². The van der Waals surface area contributed by atoms with Gasteiger partial charge in [0.05, 0.1) is 23.0 Å². The van der Waals surface area contributed by atoms with Gasteiger partial charge in [0.2, 0.25) is 5.91 Å². The van der Waals surface area contributed by atoms with Gasteiger partial charge in [0.15, 0.2) is 5.70 Å². The van der Waals surface area contributed by atoms with Crippen molar-refractivity contribution in [2.24, 2.45) is 11.8 Å². The fraction of sp³-hybridized carbons (Fsp3) is 0.241. The Morgan fingerprint density at radius 3 is 2.02 bits per heavy atom. The number of fused-ring (bicyclic) bond motifs is 1. The van der Waals surface area contributed by atoms with Crippen molar-refractivity contribution in [3.8, 4) is 11.5 Å². The number of carbonyl (C=O) groups is 2. The molecule has 1 fully saturated rings. The number of ether oxygens (including phenoxy) is 1. The highest BCUT2D eigenvalue weighted by Gasteiger charge is 2.62. The third kappa shape index (κ3) is 5.72. The zero-order chi connectivity index (χ0) is 30.0. The van der Waals surface area contributed by atoms with Gasteiger partial charge in [-0.15, -0.1) is 0 Å². The number of phosphoric acid groups is 1. The van der Waals surface area contributed by atoms with Gasteiger partial charge >= 0.3 is 13.8 Å². The predicted molar refractivity (Wildman–Crippen MR) is 148 cm³/mol. The molecule has 2 aliphatic heterocycles. The number of aliphatic hydroxyl groups is 1. The summed E-state index contributed by atoms with van der Waals surface area (Å²) in [5.41, 5.74) is 0.0469. The molecular weight excluding hydrogens is 567 g/mol. The maximum absolute atomic E-state index is 14.2. The molecular formula is C29H27N2O10P. The standard InChI is InChI=1S/C29H27N2O10P/c1-18-25-24(19(2)32)28(33)30(25)26(29(34)38-17-20-13-15-21(16-14-20)31(35)36)27(18)41-42(37,39-22-9-5-3-6-10-22)40-23-11-7-4-8-12-23/h3-16,18-19,24-25,32H,17H2,1-2H3/t18-,19+,24+,25+/m0/s1. The molecule has 3 aromatic rings. The molecule has 13 heteroatoms. The molecule has 3 aromatic carbocycles. The Labute approximate surface area is 240 Å². The topological polar surface area (TPSA) is 155 Å². The number of nitro benzene ring substituents is 1. The van der Waals surface area contributed by atoms with Crippen LogP contribution in [-0.2, 0) is 30.0 Å². The van der Waals surface area contributed by atoms with E-state index in [4.69, 9.17) is 18.3 Å². The van der Waals surface area contributed by atoms with Crippen molar-refractivity contribution in [2.75, 3.05) is 0 Å². The van der Waals surface area contributed by atoms with E-state index < -0.39 is 48.6 Å². The molecule has 2 heterocycles. The summed E-state index contributed by atoms with van der Waals surface area (Å²) in [6, 6.07) is 21.1. The van der Waals surface area contributed by atoms with E-state index in [1.165, 1.54) is 36.1 Å². The van der Waals surface area contributed by atoms with Gasteiger partial charge in [-0.25, -0.2) is 4.79 Å². The highest BCUT2D eigenvalue weighted by molar-refractivity contribution is 7.49. The average molecular weight is 595 g/mol. The molecule has 218 valence electrons. The summed E-state index contributed by atoms with van der Waals surface area (Å²) < 4.78 is 37.0. The minimum absolute atomic E-state index is 0.126. The molecule has 0 saturated carbocycles. The molecule has 42 heavy (non-hydrogen) atoms. The van der Waals surface area contributed by atoms with Crippen molar-refractivity contribution in [1.82, 2.24) is 4.90 Å². The van der Waals surface area contributed by atoms with Crippen LogP contribution in [0.25, 0.3) is 0 Å². The number of nitrogens with zero attached hydrogens (tertiary/aromatic N) is 2. The maximum atomic E-state index is 14.2. The van der Waals surface area contributed by atoms with Crippen LogP contribution in [0.5, 0.6) is 11.5 Å². The van der Waals surface area contributed by atoms with Gasteiger partial charge in [-0.3, -0.25) is 19.8 Å². The number of nitro groups is 1. The lowest BCUT2D eigenvalue weighted by atomic mass is 9.79. The van der Waals surface area contributed by atoms with E-state index in [1.54, 1.807) is 67.6 Å². The summed E-state index contributed by atoms with van der Waals surface area (Å²) in [6.45, 7) is 2.87. The zero-order valence-electron chi connectivity index (χ0n) is 22.6. The summed E-state index contributed by atoms with van der Waals surface area (Å²) >= 11 is 0. The summed E-state index contributed by atoms with van der Waals surface area (Å²) in [7, 11) is -4.54. The normalized spacial score (nSPS) is 20.3. The van der Waals surface area contributed by atoms with Crippen molar-refractivity contribution < 1.29 is 42.5 Å². The number of β-lactam (4-membered cyclic amide) rings is 1. The monoisotopic (exact) mass is 594 g/mol. The third-order valence-electron chi connectivity index (χ3n) is 6.95. The molecule has 5 rings (SSSR count). The molecule has 0 bridgehead atoms. The van der Waals surface area contributed by atoms with Crippen LogP contribution in [0.3, 0.4) is 0 Å². The summed E-state index contributed by atoms with van der Waals surface area (Å²) in [6.07, 6.45) is -1.02. The second-order valence-electron chi connectivity index (χ2n) is 9.81. The summed E-state index contributed by atoms with van der Waals surface area (Å²) in [5, 5.41) is 21.2. The number of hydrogen-bond donors (Lipinski definition) is 1. The first kappa shape index (κ1) is 28.8. The van der Waals surface area contributed by atoms with Crippen LogP contribution in [-0.4, -0.2) is 39.0 Å². The van der Waals surface area contributed by atoms with E-state index in [0.29, 0.717) is 5.56 Å². The highest BCUT2D eigenvalue weighted by atomic mass is 31.2. The van der Waals surface area contributed by atoms with E-state index in [9.17, 15) is 29.4 Å². The van der Waals surface area contributed by atoms with Gasteiger partial charge in [-0.1, -0.05) is 43.3 Å². The molecule has 0 spiro atoms. The SMILES string of the molecule is C[C@@H]1C(OP(=O)(Oc2ccccc2)Oc2ccccc2)=C(C(=O)OCc2ccc([N+](=O)[O-])cc2)N2C(=O)[C@H]([C@@H](C)O)[C@@H]12. The lowest BCUT2D eigenvalue weighted by Gasteiger charge is -2.46. The van der Waals surface area contributed by atoms with Gasteiger partial charge in [0, 0.05) is 18.1 Å². The Bertz CT molecular complexity index is 1510. The van der Waals surface area contributed by atoms with Crippen LogP contribution in [0.15, 0.2) is 96.4 Å². The van der Waals surface area contributed by atoms with Gasteiger partial charge in [0.1, 0.15) is 23.9 Å². The van der Waals surface area contributed by atoms with Gasteiger partial charge < -0.3 is 23.4 Å². The second kappa shape index (κ2) is 11.7. The average Bonchev–Trinajstić information content (AvgIpc) is 3.20. The van der Waals surface area contributed by atoms with Crippen LogP contribution in [0.4, 0.5) is 5.69 Å². The first-order chi connectivity index (χ1) is 20.1. The molecule has 1 N–H and O–H groups in total. The number of para-hydroxylation sites is 2. The fourth-order valence-corrected chi connectivity index (χ4v) is 6.33. The van der Waals surface area contributed by atoms with E-state index >= 15 is 0 Å². The molecule has 0 aliphatic carbocycles. The minimum Gasteiger partial charge on any atom is -0.456 e.